The van der Waals surface area contributed by atoms with E-state index in [2.05, 4.69) is 20.1 Å². The van der Waals surface area contributed by atoms with Crippen LogP contribution in [0.2, 0.25) is 5.02 Å². The third-order valence-corrected chi connectivity index (χ3v) is 5.22. The third kappa shape index (κ3) is 4.25. The zero-order valence-electron chi connectivity index (χ0n) is 17.8. The molecule has 0 aliphatic heterocycles. The summed E-state index contributed by atoms with van der Waals surface area (Å²) in [5.74, 6) is 0.587. The molecule has 1 N–H and O–H groups in total. The van der Waals surface area contributed by atoms with Gasteiger partial charge in [0.1, 0.15) is 24.0 Å². The Labute approximate surface area is 188 Å². The van der Waals surface area contributed by atoms with Crippen molar-refractivity contribution in [2.75, 3.05) is 0 Å². The number of hydrogen-bond donors (Lipinski definition) is 1. The highest BCUT2D eigenvalue weighted by Gasteiger charge is 2.17. The summed E-state index contributed by atoms with van der Waals surface area (Å²) in [6, 6.07) is 7.01. The molecular formula is C22H21ClN6O3. The minimum Gasteiger partial charge on any atom is -0.485 e. The van der Waals surface area contributed by atoms with Gasteiger partial charge in [-0.15, -0.1) is 0 Å². The average molecular weight is 453 g/mol. The maximum atomic E-state index is 13.2. The Hall–Kier alpha value is -3.56. The second-order valence-electron chi connectivity index (χ2n) is 7.25. The number of aromatic nitrogens is 6. The Morgan fingerprint density at radius 1 is 1.16 bits per heavy atom. The Morgan fingerprint density at radius 3 is 2.69 bits per heavy atom. The number of pyridine rings is 2. The van der Waals surface area contributed by atoms with Gasteiger partial charge in [-0.1, -0.05) is 11.6 Å². The van der Waals surface area contributed by atoms with E-state index in [1.807, 2.05) is 26.2 Å². The molecule has 4 heterocycles. The van der Waals surface area contributed by atoms with Gasteiger partial charge in [0.15, 0.2) is 5.82 Å². The molecule has 164 valence electrons. The van der Waals surface area contributed by atoms with E-state index in [0.29, 0.717) is 28.5 Å². The van der Waals surface area contributed by atoms with E-state index in [1.165, 1.54) is 4.57 Å². The predicted octanol–water partition coefficient (Wildman–Crippen LogP) is 2.76. The van der Waals surface area contributed by atoms with Crippen molar-refractivity contribution < 1.29 is 9.84 Å². The van der Waals surface area contributed by atoms with Crippen LogP contribution in [0.3, 0.4) is 0 Å². The Balaban J connectivity index is 1.73. The molecular weight excluding hydrogens is 432 g/mol. The van der Waals surface area contributed by atoms with E-state index >= 15 is 0 Å². The predicted molar refractivity (Wildman–Crippen MR) is 119 cm³/mol. The molecule has 0 spiro atoms. The smallest absolute Gasteiger partial charge is 0.277 e. The van der Waals surface area contributed by atoms with Gasteiger partial charge in [0, 0.05) is 37.4 Å². The summed E-state index contributed by atoms with van der Waals surface area (Å²) in [6.45, 7) is 3.58. The Bertz CT molecular complexity index is 1350. The fourth-order valence-electron chi connectivity index (χ4n) is 3.29. The number of hydrogen-bond acceptors (Lipinski definition) is 7. The molecule has 0 aliphatic carbocycles. The van der Waals surface area contributed by atoms with Crippen LogP contribution >= 0.6 is 11.6 Å². The van der Waals surface area contributed by atoms with Gasteiger partial charge in [-0.3, -0.25) is 19.0 Å². The summed E-state index contributed by atoms with van der Waals surface area (Å²) in [5.41, 5.74) is 3.47. The highest BCUT2D eigenvalue weighted by atomic mass is 35.5. The van der Waals surface area contributed by atoms with Crippen molar-refractivity contribution in [2.24, 2.45) is 7.05 Å². The minimum atomic E-state index is -0.401. The number of aliphatic hydroxyl groups is 1. The maximum absolute atomic E-state index is 13.2. The summed E-state index contributed by atoms with van der Waals surface area (Å²) < 4.78 is 8.96. The Morgan fingerprint density at radius 2 is 1.97 bits per heavy atom. The first-order valence-corrected chi connectivity index (χ1v) is 10.2. The topological polar surface area (TPSA) is 108 Å². The lowest BCUT2D eigenvalue weighted by molar-refractivity contribution is 0.271. The molecule has 4 rings (SSSR count). The van der Waals surface area contributed by atoms with Gasteiger partial charge < -0.3 is 9.84 Å². The fourth-order valence-corrected chi connectivity index (χ4v) is 3.48. The van der Waals surface area contributed by atoms with Crippen LogP contribution in [0.4, 0.5) is 0 Å². The molecule has 4 aromatic rings. The normalized spacial score (nSPS) is 11.0. The molecule has 0 atom stereocenters. The van der Waals surface area contributed by atoms with E-state index < -0.39 is 5.56 Å². The molecule has 0 saturated heterocycles. The van der Waals surface area contributed by atoms with Crippen LogP contribution in [-0.4, -0.2) is 34.4 Å². The number of nitrogens with zero attached hydrogens (tertiary/aromatic N) is 6. The average Bonchev–Trinajstić information content (AvgIpc) is 3.21. The van der Waals surface area contributed by atoms with Crippen LogP contribution < -0.4 is 10.3 Å². The molecule has 0 amide bonds. The second kappa shape index (κ2) is 8.89. The molecule has 0 unspecified atom stereocenters. The van der Waals surface area contributed by atoms with Gasteiger partial charge >= 0.3 is 0 Å². The number of rotatable bonds is 6. The van der Waals surface area contributed by atoms with Gasteiger partial charge in [-0.25, -0.2) is 9.97 Å². The lowest BCUT2D eigenvalue weighted by atomic mass is 10.1. The van der Waals surface area contributed by atoms with Gasteiger partial charge in [-0.05, 0) is 37.6 Å². The highest BCUT2D eigenvalue weighted by Crippen LogP contribution is 2.26. The van der Waals surface area contributed by atoms with Crippen molar-refractivity contribution in [3.8, 4) is 22.8 Å². The molecule has 4 aromatic heterocycles. The molecule has 0 saturated carbocycles. The quantitative estimate of drug-likeness (QED) is 0.479. The van der Waals surface area contributed by atoms with Crippen LogP contribution in [0.25, 0.3) is 17.1 Å². The first kappa shape index (κ1) is 21.7. The van der Waals surface area contributed by atoms with E-state index in [4.69, 9.17) is 16.3 Å². The molecule has 9 nitrogen and oxygen atoms in total. The molecule has 0 fully saturated rings. The number of ether oxygens (including phenoxy) is 1. The van der Waals surface area contributed by atoms with Crippen molar-refractivity contribution in [1.29, 1.82) is 0 Å². The molecule has 0 radical (unpaired) electrons. The van der Waals surface area contributed by atoms with Crippen molar-refractivity contribution in [3.05, 3.63) is 81.0 Å². The summed E-state index contributed by atoms with van der Waals surface area (Å²) >= 11 is 6.39. The summed E-state index contributed by atoms with van der Waals surface area (Å²) in [6.07, 6.45) is 5.03. The fraction of sp³-hybridized carbons (Fsp3) is 0.227. The van der Waals surface area contributed by atoms with Gasteiger partial charge in [-0.2, -0.15) is 5.10 Å². The minimum absolute atomic E-state index is 0.0195. The third-order valence-electron chi connectivity index (χ3n) is 4.87. The summed E-state index contributed by atoms with van der Waals surface area (Å²) in [4.78, 5) is 25.9. The van der Waals surface area contributed by atoms with E-state index in [9.17, 15) is 9.90 Å². The zero-order valence-corrected chi connectivity index (χ0v) is 18.5. The Kier molecular flexibility index (Phi) is 6.02. The highest BCUT2D eigenvalue weighted by molar-refractivity contribution is 6.31. The first-order chi connectivity index (χ1) is 15.4. The van der Waals surface area contributed by atoms with Gasteiger partial charge in [0.2, 0.25) is 0 Å². The monoisotopic (exact) mass is 452 g/mol. The number of aliphatic hydroxyl groups excluding tert-OH is 1. The van der Waals surface area contributed by atoms with Gasteiger partial charge in [0.25, 0.3) is 5.56 Å². The number of aryl methyl sites for hydroxylation is 3. The van der Waals surface area contributed by atoms with Crippen molar-refractivity contribution in [2.45, 2.75) is 27.1 Å². The van der Waals surface area contributed by atoms with Crippen LogP contribution in [-0.2, 0) is 20.3 Å². The maximum Gasteiger partial charge on any atom is 0.277 e. The van der Waals surface area contributed by atoms with E-state index in [1.54, 1.807) is 42.2 Å². The first-order valence-electron chi connectivity index (χ1n) is 9.81. The van der Waals surface area contributed by atoms with Crippen molar-refractivity contribution >= 4 is 11.6 Å². The standard InChI is InChI=1S/C22H21ClN6O3/c1-13-10-25-17(16-4-6-24-20(11-30)26-16)9-18(13)29-14(2)8-19(21(23)22(29)31)32-12-15-5-7-28(3)27-15/h4-10,30H,11-12H2,1-3H3. The zero-order chi connectivity index (χ0) is 22.8. The SMILES string of the molecule is Cc1cnc(-c2ccnc(CO)n2)cc1-n1c(C)cc(OCc2ccn(C)n2)c(Cl)c1=O. The number of halogens is 1. The molecule has 0 aromatic carbocycles. The van der Waals surface area contributed by atoms with Crippen LogP contribution in [0, 0.1) is 13.8 Å². The lowest BCUT2D eigenvalue weighted by Gasteiger charge is -2.16. The van der Waals surface area contributed by atoms with Crippen LogP contribution in [0.15, 0.2) is 47.7 Å². The second-order valence-corrected chi connectivity index (χ2v) is 7.62. The molecule has 10 heteroatoms. The largest absolute Gasteiger partial charge is 0.485 e. The van der Waals surface area contributed by atoms with E-state index in [-0.39, 0.29) is 24.1 Å². The van der Waals surface area contributed by atoms with Gasteiger partial charge in [0.05, 0.1) is 22.8 Å². The van der Waals surface area contributed by atoms with Crippen molar-refractivity contribution in [1.82, 2.24) is 29.3 Å². The lowest BCUT2D eigenvalue weighted by Crippen LogP contribution is -2.22. The van der Waals surface area contributed by atoms with E-state index in [0.717, 1.165) is 11.3 Å². The van der Waals surface area contributed by atoms with Crippen molar-refractivity contribution in [3.63, 3.8) is 0 Å². The molecule has 32 heavy (non-hydrogen) atoms. The van der Waals surface area contributed by atoms with Crippen LogP contribution in [0.1, 0.15) is 22.8 Å². The summed E-state index contributed by atoms with van der Waals surface area (Å²) in [5, 5.41) is 13.6. The molecule has 0 aliphatic rings. The van der Waals surface area contributed by atoms with Crippen LogP contribution in [0.5, 0.6) is 5.75 Å². The molecule has 0 bridgehead atoms. The summed E-state index contributed by atoms with van der Waals surface area (Å²) in [7, 11) is 1.82.